The average molecular weight is 358 g/mol. The normalized spacial score (nSPS) is 17.4. The first kappa shape index (κ1) is 18.2. The number of anilines is 1. The number of carbonyl (C=O) groups excluding carboxylic acids is 1. The smallest absolute Gasteiger partial charge is 0.407 e. The van der Waals surface area contributed by atoms with E-state index in [1.54, 1.807) is 7.11 Å². The van der Waals surface area contributed by atoms with Gasteiger partial charge in [-0.15, -0.1) is 0 Å². The summed E-state index contributed by atoms with van der Waals surface area (Å²) in [6, 6.07) is 7.75. The molecular formula is C19H26N4O3. The first-order chi connectivity index (χ1) is 12.4. The quantitative estimate of drug-likeness (QED) is 0.905. The van der Waals surface area contributed by atoms with E-state index in [0.29, 0.717) is 18.3 Å². The number of hydrogen-bond donors (Lipinski definition) is 1. The number of rotatable bonds is 4. The first-order valence-electron chi connectivity index (χ1n) is 8.88. The van der Waals surface area contributed by atoms with E-state index in [1.165, 1.54) is 0 Å². The van der Waals surface area contributed by atoms with Crippen molar-refractivity contribution in [3.05, 3.63) is 24.3 Å². The molecule has 0 spiro atoms. The minimum atomic E-state index is -0.486. The fourth-order valence-corrected chi connectivity index (χ4v) is 3.05. The number of fused-ring (bicyclic) bond motifs is 1. The maximum absolute atomic E-state index is 11.8. The Kier molecular flexibility index (Phi) is 5.15. The average Bonchev–Trinajstić information content (AvgIpc) is 3.06. The van der Waals surface area contributed by atoms with Crippen LogP contribution in [0.4, 0.5) is 10.6 Å². The van der Waals surface area contributed by atoms with E-state index >= 15 is 0 Å². The van der Waals surface area contributed by atoms with Gasteiger partial charge in [0, 0.05) is 19.6 Å². The van der Waals surface area contributed by atoms with Crippen molar-refractivity contribution in [1.82, 2.24) is 15.3 Å². The second kappa shape index (κ2) is 7.35. The van der Waals surface area contributed by atoms with Crippen molar-refractivity contribution in [3.63, 3.8) is 0 Å². The summed E-state index contributed by atoms with van der Waals surface area (Å²) in [4.78, 5) is 23.3. The highest BCUT2D eigenvalue weighted by Crippen LogP contribution is 2.30. The maximum Gasteiger partial charge on any atom is 0.407 e. The number of nitrogens with one attached hydrogen (secondary N) is 1. The molecule has 1 aromatic carbocycles. The number of amides is 1. The summed E-state index contributed by atoms with van der Waals surface area (Å²) in [7, 11) is 1.61. The Morgan fingerprint density at radius 2 is 1.96 bits per heavy atom. The summed E-state index contributed by atoms with van der Waals surface area (Å²) in [5, 5.41) is 2.86. The Labute approximate surface area is 153 Å². The van der Waals surface area contributed by atoms with Crippen molar-refractivity contribution >= 4 is 22.9 Å². The van der Waals surface area contributed by atoms with Crippen LogP contribution in [0.15, 0.2) is 24.3 Å². The van der Waals surface area contributed by atoms with Crippen molar-refractivity contribution in [1.29, 1.82) is 0 Å². The van der Waals surface area contributed by atoms with Gasteiger partial charge in [-0.2, -0.15) is 0 Å². The zero-order chi connectivity index (χ0) is 18.7. The summed E-state index contributed by atoms with van der Waals surface area (Å²) >= 11 is 0. The van der Waals surface area contributed by atoms with Crippen molar-refractivity contribution in [2.24, 2.45) is 5.92 Å². The predicted molar refractivity (Wildman–Crippen MR) is 101 cm³/mol. The van der Waals surface area contributed by atoms with E-state index in [2.05, 4.69) is 15.2 Å². The lowest BCUT2D eigenvalue weighted by molar-refractivity contribution is 0.0520. The van der Waals surface area contributed by atoms with E-state index < -0.39 is 5.60 Å². The molecule has 0 radical (unpaired) electrons. The Morgan fingerprint density at radius 3 is 2.62 bits per heavy atom. The highest BCUT2D eigenvalue weighted by Gasteiger charge is 2.27. The molecule has 1 amide bonds. The van der Waals surface area contributed by atoms with Crippen LogP contribution in [-0.4, -0.2) is 48.4 Å². The minimum absolute atomic E-state index is 0.334. The standard InChI is InChI=1S/C19H26N4O3/c1-19(2,3)26-18(24)20-11-13-9-10-23(12-13)16-17(25-4)22-15-8-6-5-7-14(15)21-16/h5-8,13H,9-12H2,1-4H3,(H,20,24). The molecular weight excluding hydrogens is 332 g/mol. The van der Waals surface area contributed by atoms with E-state index in [9.17, 15) is 4.79 Å². The summed E-state index contributed by atoms with van der Waals surface area (Å²) in [6.07, 6.45) is 0.590. The number of aromatic nitrogens is 2. The summed E-state index contributed by atoms with van der Waals surface area (Å²) < 4.78 is 10.7. The number of methoxy groups -OCH3 is 1. The molecule has 7 heteroatoms. The molecule has 1 aliphatic rings. The fourth-order valence-electron chi connectivity index (χ4n) is 3.05. The van der Waals surface area contributed by atoms with Crippen molar-refractivity contribution in [2.75, 3.05) is 31.6 Å². The number of para-hydroxylation sites is 2. The molecule has 0 bridgehead atoms. The third kappa shape index (κ3) is 4.33. The molecule has 3 rings (SSSR count). The third-order valence-electron chi connectivity index (χ3n) is 4.23. The molecule has 2 aromatic rings. The van der Waals surface area contributed by atoms with E-state index in [1.807, 2.05) is 45.0 Å². The number of carbonyl (C=O) groups is 1. The third-order valence-corrected chi connectivity index (χ3v) is 4.23. The van der Waals surface area contributed by atoms with Gasteiger partial charge in [-0.1, -0.05) is 12.1 Å². The highest BCUT2D eigenvalue weighted by molar-refractivity contribution is 5.77. The molecule has 0 saturated carbocycles. The topological polar surface area (TPSA) is 76.6 Å². The molecule has 26 heavy (non-hydrogen) atoms. The predicted octanol–water partition coefficient (Wildman–Crippen LogP) is 2.99. The van der Waals surface area contributed by atoms with Crippen molar-refractivity contribution in [3.8, 4) is 5.88 Å². The van der Waals surface area contributed by atoms with Gasteiger partial charge >= 0.3 is 6.09 Å². The SMILES string of the molecule is COc1nc2ccccc2nc1N1CCC(CNC(=O)OC(C)(C)C)C1. The van der Waals surface area contributed by atoms with Crippen LogP contribution in [0.3, 0.4) is 0 Å². The Bertz CT molecular complexity index is 788. The van der Waals surface area contributed by atoms with E-state index in [-0.39, 0.29) is 6.09 Å². The van der Waals surface area contributed by atoms with Gasteiger partial charge < -0.3 is 19.7 Å². The summed E-state index contributed by atoms with van der Waals surface area (Å²) in [5.41, 5.74) is 1.17. The number of alkyl carbamates (subject to hydrolysis) is 1. The van der Waals surface area contributed by atoms with Gasteiger partial charge in [0.2, 0.25) is 0 Å². The van der Waals surface area contributed by atoms with Gasteiger partial charge in [0.25, 0.3) is 5.88 Å². The number of ether oxygens (including phenoxy) is 2. The molecule has 7 nitrogen and oxygen atoms in total. The summed E-state index contributed by atoms with van der Waals surface area (Å²) in [6.45, 7) is 7.79. The van der Waals surface area contributed by atoms with Crippen LogP contribution in [0.25, 0.3) is 11.0 Å². The number of nitrogens with zero attached hydrogens (tertiary/aromatic N) is 3. The molecule has 0 aliphatic carbocycles. The van der Waals surface area contributed by atoms with Gasteiger partial charge in [0.15, 0.2) is 5.82 Å². The molecule has 1 unspecified atom stereocenters. The first-order valence-corrected chi connectivity index (χ1v) is 8.88. The monoisotopic (exact) mass is 358 g/mol. The highest BCUT2D eigenvalue weighted by atomic mass is 16.6. The second-order valence-corrected chi connectivity index (χ2v) is 7.53. The molecule has 1 atom stereocenters. The molecule has 1 fully saturated rings. The molecule has 1 aromatic heterocycles. The lowest BCUT2D eigenvalue weighted by atomic mass is 10.1. The van der Waals surface area contributed by atoms with Gasteiger partial charge in [-0.25, -0.2) is 14.8 Å². The van der Waals surface area contributed by atoms with Crippen LogP contribution in [0.1, 0.15) is 27.2 Å². The lowest BCUT2D eigenvalue weighted by Crippen LogP contribution is -2.36. The summed E-state index contributed by atoms with van der Waals surface area (Å²) in [5.74, 6) is 1.62. The maximum atomic E-state index is 11.8. The van der Waals surface area contributed by atoms with Crippen LogP contribution in [-0.2, 0) is 4.74 Å². The van der Waals surface area contributed by atoms with E-state index in [0.717, 1.165) is 36.4 Å². The van der Waals surface area contributed by atoms with Crippen LogP contribution >= 0.6 is 0 Å². The molecule has 2 heterocycles. The molecule has 1 aliphatic heterocycles. The van der Waals surface area contributed by atoms with Gasteiger partial charge in [-0.05, 0) is 45.2 Å². The van der Waals surface area contributed by atoms with Crippen molar-refractivity contribution in [2.45, 2.75) is 32.8 Å². The Hall–Kier alpha value is -2.57. The van der Waals surface area contributed by atoms with Crippen LogP contribution in [0.5, 0.6) is 5.88 Å². The molecule has 140 valence electrons. The second-order valence-electron chi connectivity index (χ2n) is 7.53. The van der Waals surface area contributed by atoms with E-state index in [4.69, 9.17) is 14.5 Å². The number of benzene rings is 1. The zero-order valence-electron chi connectivity index (χ0n) is 15.8. The Balaban J connectivity index is 1.65. The fraction of sp³-hybridized carbons (Fsp3) is 0.526. The van der Waals surface area contributed by atoms with Gasteiger partial charge in [0.1, 0.15) is 5.60 Å². The van der Waals surface area contributed by atoms with Crippen molar-refractivity contribution < 1.29 is 14.3 Å². The van der Waals surface area contributed by atoms with Crippen LogP contribution < -0.4 is 15.0 Å². The lowest BCUT2D eigenvalue weighted by Gasteiger charge is -2.21. The number of hydrogen-bond acceptors (Lipinski definition) is 6. The Morgan fingerprint density at radius 1 is 1.27 bits per heavy atom. The van der Waals surface area contributed by atoms with Crippen LogP contribution in [0.2, 0.25) is 0 Å². The molecule has 1 saturated heterocycles. The van der Waals surface area contributed by atoms with Gasteiger partial charge in [0.05, 0.1) is 18.1 Å². The van der Waals surface area contributed by atoms with Crippen LogP contribution in [0, 0.1) is 5.92 Å². The van der Waals surface area contributed by atoms with Gasteiger partial charge in [-0.3, -0.25) is 0 Å². The minimum Gasteiger partial charge on any atom is -0.478 e. The molecule has 1 N–H and O–H groups in total. The zero-order valence-corrected chi connectivity index (χ0v) is 15.8. The largest absolute Gasteiger partial charge is 0.478 e.